The third-order valence-corrected chi connectivity index (χ3v) is 3.39. The minimum atomic E-state index is 0.192. The summed E-state index contributed by atoms with van der Waals surface area (Å²) in [6.07, 6.45) is 0. The van der Waals surface area contributed by atoms with Crippen LogP contribution in [0.3, 0.4) is 0 Å². The van der Waals surface area contributed by atoms with Gasteiger partial charge in [-0.15, -0.1) is 0 Å². The van der Waals surface area contributed by atoms with E-state index in [1.165, 1.54) is 0 Å². The number of hydrogen-bond donors (Lipinski definition) is 2. The monoisotopic (exact) mass is 227 g/mol. The number of morpholine rings is 1. The average molecular weight is 227 g/mol. The van der Waals surface area contributed by atoms with Crippen molar-refractivity contribution >= 4 is 5.91 Å². The van der Waals surface area contributed by atoms with Gasteiger partial charge in [0.15, 0.2) is 0 Å². The summed E-state index contributed by atoms with van der Waals surface area (Å²) in [5.74, 6) is 0.385. The second kappa shape index (κ2) is 5.61. The first-order chi connectivity index (χ1) is 7.77. The molecule has 0 aromatic carbocycles. The van der Waals surface area contributed by atoms with Crippen LogP contribution in [0.2, 0.25) is 0 Å². The van der Waals surface area contributed by atoms with Gasteiger partial charge in [0.25, 0.3) is 0 Å². The van der Waals surface area contributed by atoms with Crippen molar-refractivity contribution in [2.24, 2.45) is 5.92 Å². The van der Waals surface area contributed by atoms with Gasteiger partial charge in [-0.25, -0.2) is 0 Å². The van der Waals surface area contributed by atoms with Crippen LogP contribution in [0.25, 0.3) is 0 Å². The van der Waals surface area contributed by atoms with Crippen LogP contribution in [-0.4, -0.2) is 62.8 Å². The number of hydrogen-bond acceptors (Lipinski definition) is 4. The van der Waals surface area contributed by atoms with Crippen molar-refractivity contribution in [1.29, 1.82) is 0 Å². The Balaban J connectivity index is 1.65. The first-order valence-corrected chi connectivity index (χ1v) is 6.07. The molecular formula is C11H21N3O2. The number of carbonyl (C=O) groups is 1. The first kappa shape index (κ1) is 11.8. The van der Waals surface area contributed by atoms with Gasteiger partial charge in [0, 0.05) is 38.8 Å². The van der Waals surface area contributed by atoms with E-state index >= 15 is 0 Å². The molecule has 0 bridgehead atoms. The zero-order valence-electron chi connectivity index (χ0n) is 9.87. The molecule has 2 saturated heterocycles. The molecule has 0 aliphatic carbocycles. The van der Waals surface area contributed by atoms with Gasteiger partial charge in [-0.3, -0.25) is 9.69 Å². The lowest BCUT2D eigenvalue weighted by Crippen LogP contribution is -2.53. The molecule has 2 heterocycles. The zero-order valence-corrected chi connectivity index (χ0v) is 9.87. The minimum absolute atomic E-state index is 0.192. The maximum Gasteiger partial charge on any atom is 0.225 e. The Labute approximate surface area is 96.5 Å². The highest BCUT2D eigenvalue weighted by atomic mass is 16.5. The summed E-state index contributed by atoms with van der Waals surface area (Å²) in [7, 11) is 0. The molecule has 0 radical (unpaired) electrons. The van der Waals surface area contributed by atoms with Gasteiger partial charge in [-0.05, 0) is 6.92 Å². The normalized spacial score (nSPS) is 24.8. The highest BCUT2D eigenvalue weighted by Crippen LogP contribution is 2.05. The Hall–Kier alpha value is -0.650. The smallest absolute Gasteiger partial charge is 0.225 e. The average Bonchev–Trinajstić information content (AvgIpc) is 2.25. The molecule has 0 aromatic heterocycles. The molecule has 2 rings (SSSR count). The molecule has 2 fully saturated rings. The molecule has 2 N–H and O–H groups in total. The lowest BCUT2D eigenvalue weighted by Gasteiger charge is -2.33. The fourth-order valence-electron chi connectivity index (χ4n) is 2.01. The van der Waals surface area contributed by atoms with Gasteiger partial charge in [-0.2, -0.15) is 0 Å². The molecule has 0 saturated carbocycles. The quantitative estimate of drug-likeness (QED) is 0.650. The van der Waals surface area contributed by atoms with Crippen LogP contribution >= 0.6 is 0 Å². The molecule has 0 aromatic rings. The highest BCUT2D eigenvalue weighted by molar-refractivity contribution is 5.80. The SMILES string of the molecule is CC(CNC(=O)C1CNC1)N1CCOCC1. The summed E-state index contributed by atoms with van der Waals surface area (Å²) in [6, 6.07) is 0.404. The van der Waals surface area contributed by atoms with Crippen LogP contribution in [0.1, 0.15) is 6.92 Å². The number of nitrogens with zero attached hydrogens (tertiary/aromatic N) is 1. The molecule has 16 heavy (non-hydrogen) atoms. The zero-order chi connectivity index (χ0) is 11.4. The van der Waals surface area contributed by atoms with Gasteiger partial charge >= 0.3 is 0 Å². The van der Waals surface area contributed by atoms with Crippen LogP contribution in [0, 0.1) is 5.92 Å². The van der Waals surface area contributed by atoms with E-state index in [9.17, 15) is 4.79 Å². The van der Waals surface area contributed by atoms with Gasteiger partial charge in [-0.1, -0.05) is 0 Å². The maximum absolute atomic E-state index is 11.6. The molecule has 0 spiro atoms. The maximum atomic E-state index is 11.6. The largest absolute Gasteiger partial charge is 0.379 e. The van der Waals surface area contributed by atoms with E-state index in [4.69, 9.17) is 4.74 Å². The Morgan fingerprint density at radius 1 is 1.50 bits per heavy atom. The van der Waals surface area contributed by atoms with Crippen molar-refractivity contribution in [1.82, 2.24) is 15.5 Å². The van der Waals surface area contributed by atoms with Crippen LogP contribution < -0.4 is 10.6 Å². The van der Waals surface area contributed by atoms with Gasteiger partial charge in [0.1, 0.15) is 0 Å². The predicted octanol–water partition coefficient (Wildman–Crippen LogP) is -0.957. The van der Waals surface area contributed by atoms with E-state index in [2.05, 4.69) is 22.5 Å². The topological polar surface area (TPSA) is 53.6 Å². The Bertz CT molecular complexity index is 237. The van der Waals surface area contributed by atoms with Crippen molar-refractivity contribution in [2.75, 3.05) is 45.9 Å². The van der Waals surface area contributed by atoms with E-state index < -0.39 is 0 Å². The molecule has 5 nitrogen and oxygen atoms in total. The molecule has 1 unspecified atom stereocenters. The van der Waals surface area contributed by atoms with Crippen LogP contribution in [0.4, 0.5) is 0 Å². The van der Waals surface area contributed by atoms with Crippen molar-refractivity contribution in [3.63, 3.8) is 0 Å². The van der Waals surface area contributed by atoms with Crippen LogP contribution in [-0.2, 0) is 9.53 Å². The van der Waals surface area contributed by atoms with E-state index in [0.29, 0.717) is 6.04 Å². The molecular weight excluding hydrogens is 206 g/mol. The number of carbonyl (C=O) groups excluding carboxylic acids is 1. The molecule has 1 atom stereocenters. The first-order valence-electron chi connectivity index (χ1n) is 6.07. The predicted molar refractivity (Wildman–Crippen MR) is 61.2 cm³/mol. The van der Waals surface area contributed by atoms with Crippen molar-refractivity contribution in [2.45, 2.75) is 13.0 Å². The lowest BCUT2D eigenvalue weighted by molar-refractivity contribution is -0.126. The Morgan fingerprint density at radius 2 is 2.19 bits per heavy atom. The van der Waals surface area contributed by atoms with Crippen LogP contribution in [0.5, 0.6) is 0 Å². The molecule has 2 aliphatic rings. The summed E-state index contributed by atoms with van der Waals surface area (Å²) < 4.78 is 5.30. The number of nitrogens with one attached hydrogen (secondary N) is 2. The van der Waals surface area contributed by atoms with Gasteiger partial charge in [0.05, 0.1) is 19.1 Å². The molecule has 2 aliphatic heterocycles. The Kier molecular flexibility index (Phi) is 4.15. The third-order valence-electron chi connectivity index (χ3n) is 3.39. The van der Waals surface area contributed by atoms with E-state index in [-0.39, 0.29) is 11.8 Å². The minimum Gasteiger partial charge on any atom is -0.379 e. The van der Waals surface area contributed by atoms with Gasteiger partial charge in [0.2, 0.25) is 5.91 Å². The van der Waals surface area contributed by atoms with Crippen molar-refractivity contribution in [3.8, 4) is 0 Å². The summed E-state index contributed by atoms with van der Waals surface area (Å²) >= 11 is 0. The molecule has 92 valence electrons. The Morgan fingerprint density at radius 3 is 2.75 bits per heavy atom. The lowest BCUT2D eigenvalue weighted by atomic mass is 10.0. The van der Waals surface area contributed by atoms with Crippen molar-refractivity contribution in [3.05, 3.63) is 0 Å². The van der Waals surface area contributed by atoms with E-state index in [1.54, 1.807) is 0 Å². The summed E-state index contributed by atoms with van der Waals surface area (Å²) in [5.41, 5.74) is 0. The fourth-order valence-corrected chi connectivity index (χ4v) is 2.01. The second-order valence-corrected chi connectivity index (χ2v) is 4.60. The van der Waals surface area contributed by atoms with E-state index in [1.807, 2.05) is 0 Å². The number of ether oxygens (including phenoxy) is 1. The molecule has 1 amide bonds. The molecule has 5 heteroatoms. The number of rotatable bonds is 4. The summed E-state index contributed by atoms with van der Waals surface area (Å²) in [6.45, 7) is 8.13. The third kappa shape index (κ3) is 2.93. The van der Waals surface area contributed by atoms with Gasteiger partial charge < -0.3 is 15.4 Å². The van der Waals surface area contributed by atoms with Crippen molar-refractivity contribution < 1.29 is 9.53 Å². The van der Waals surface area contributed by atoms with Crippen LogP contribution in [0.15, 0.2) is 0 Å². The fraction of sp³-hybridized carbons (Fsp3) is 0.909. The summed E-state index contributed by atoms with van der Waals surface area (Å²) in [4.78, 5) is 14.0. The highest BCUT2D eigenvalue weighted by Gasteiger charge is 2.25. The standard InChI is InChI=1S/C11H21N3O2/c1-9(14-2-4-16-5-3-14)6-13-11(15)10-7-12-8-10/h9-10,12H,2-8H2,1H3,(H,13,15). The number of amides is 1. The summed E-state index contributed by atoms with van der Waals surface area (Å²) in [5, 5.41) is 6.13. The second-order valence-electron chi connectivity index (χ2n) is 4.60. The van der Waals surface area contributed by atoms with E-state index in [0.717, 1.165) is 45.9 Å².